The first-order valence-electron chi connectivity index (χ1n) is 8.51. The summed E-state index contributed by atoms with van der Waals surface area (Å²) < 4.78 is 18.3. The third kappa shape index (κ3) is 4.46. The van der Waals surface area contributed by atoms with E-state index in [1.165, 1.54) is 42.5 Å². The van der Waals surface area contributed by atoms with Crippen LogP contribution in [-0.4, -0.2) is 23.4 Å². The standard InChI is InChI=1S/C20H15FN2O5S/c1-2-28-20(25)17-16(12-6-8-14(21)9-7-12)11-29-19(17)22-18(24)13-4-3-5-15(10-13)23(26)27/h3-11H,2H2,1H3,(H,22,24). The number of esters is 1. The number of ether oxygens (including phenoxy) is 1. The van der Waals surface area contributed by atoms with Gasteiger partial charge in [-0.1, -0.05) is 18.2 Å². The monoisotopic (exact) mass is 414 g/mol. The summed E-state index contributed by atoms with van der Waals surface area (Å²) in [5.41, 5.74) is 1.07. The number of hydrogen-bond donors (Lipinski definition) is 1. The van der Waals surface area contributed by atoms with Gasteiger partial charge in [0.15, 0.2) is 0 Å². The van der Waals surface area contributed by atoms with Gasteiger partial charge >= 0.3 is 5.97 Å². The van der Waals surface area contributed by atoms with Crippen LogP contribution in [-0.2, 0) is 4.74 Å². The van der Waals surface area contributed by atoms with Crippen molar-refractivity contribution in [2.24, 2.45) is 0 Å². The summed E-state index contributed by atoms with van der Waals surface area (Å²) in [5, 5.41) is 15.4. The SMILES string of the molecule is CCOC(=O)c1c(-c2ccc(F)cc2)csc1NC(=O)c1cccc([N+](=O)[O-])c1. The smallest absolute Gasteiger partial charge is 0.341 e. The highest BCUT2D eigenvalue weighted by molar-refractivity contribution is 7.15. The number of nitro groups is 1. The Morgan fingerprint density at radius 1 is 1.21 bits per heavy atom. The number of carbonyl (C=O) groups excluding carboxylic acids is 2. The summed E-state index contributed by atoms with van der Waals surface area (Å²) in [6.07, 6.45) is 0. The molecule has 0 radical (unpaired) electrons. The molecule has 1 heterocycles. The maximum atomic E-state index is 13.2. The minimum absolute atomic E-state index is 0.0748. The van der Waals surface area contributed by atoms with Crippen molar-refractivity contribution in [1.82, 2.24) is 0 Å². The zero-order chi connectivity index (χ0) is 21.0. The lowest BCUT2D eigenvalue weighted by atomic mass is 10.0. The molecule has 0 bridgehead atoms. The van der Waals surface area contributed by atoms with E-state index in [9.17, 15) is 24.1 Å². The van der Waals surface area contributed by atoms with E-state index in [2.05, 4.69) is 5.32 Å². The third-order valence-corrected chi connectivity index (χ3v) is 4.87. The van der Waals surface area contributed by atoms with Gasteiger partial charge in [-0.05, 0) is 30.7 Å². The fourth-order valence-electron chi connectivity index (χ4n) is 2.63. The molecule has 0 saturated heterocycles. The fourth-order valence-corrected chi connectivity index (χ4v) is 3.59. The molecule has 2 aromatic carbocycles. The van der Waals surface area contributed by atoms with Crippen LogP contribution in [0.5, 0.6) is 0 Å². The number of halogens is 1. The highest BCUT2D eigenvalue weighted by atomic mass is 32.1. The minimum Gasteiger partial charge on any atom is -0.462 e. The van der Waals surface area contributed by atoms with Crippen molar-refractivity contribution in [2.45, 2.75) is 6.92 Å². The Balaban J connectivity index is 1.97. The quantitative estimate of drug-likeness (QED) is 0.352. The number of carbonyl (C=O) groups is 2. The fraction of sp³-hybridized carbons (Fsp3) is 0.100. The normalized spacial score (nSPS) is 10.4. The van der Waals surface area contributed by atoms with Crippen LogP contribution in [0.25, 0.3) is 11.1 Å². The number of non-ortho nitro benzene ring substituents is 1. The zero-order valence-electron chi connectivity index (χ0n) is 15.2. The lowest BCUT2D eigenvalue weighted by molar-refractivity contribution is -0.384. The molecular weight excluding hydrogens is 399 g/mol. The van der Waals surface area contributed by atoms with Crippen LogP contribution in [0, 0.1) is 15.9 Å². The molecule has 1 aromatic heterocycles. The molecule has 1 amide bonds. The molecule has 29 heavy (non-hydrogen) atoms. The number of benzene rings is 2. The predicted molar refractivity (Wildman–Crippen MR) is 107 cm³/mol. The summed E-state index contributed by atoms with van der Waals surface area (Å²) in [5.74, 6) is -1.66. The number of nitro benzene ring substituents is 1. The van der Waals surface area contributed by atoms with Gasteiger partial charge in [-0.15, -0.1) is 11.3 Å². The summed E-state index contributed by atoms with van der Waals surface area (Å²) in [7, 11) is 0. The van der Waals surface area contributed by atoms with Crippen molar-refractivity contribution >= 4 is 33.9 Å². The highest BCUT2D eigenvalue weighted by Gasteiger charge is 2.23. The second-order valence-corrected chi connectivity index (χ2v) is 6.72. The Morgan fingerprint density at radius 2 is 1.93 bits per heavy atom. The Labute approximate surface area is 168 Å². The van der Waals surface area contributed by atoms with Gasteiger partial charge in [0.1, 0.15) is 16.4 Å². The number of nitrogens with one attached hydrogen (secondary N) is 1. The van der Waals surface area contributed by atoms with Gasteiger partial charge in [0.05, 0.1) is 11.5 Å². The average molecular weight is 414 g/mol. The lowest BCUT2D eigenvalue weighted by Crippen LogP contribution is -2.15. The van der Waals surface area contributed by atoms with Crippen LogP contribution in [0.2, 0.25) is 0 Å². The van der Waals surface area contributed by atoms with Gasteiger partial charge in [0, 0.05) is 28.6 Å². The predicted octanol–water partition coefficient (Wildman–Crippen LogP) is 4.89. The number of rotatable bonds is 6. The number of hydrogen-bond acceptors (Lipinski definition) is 6. The Morgan fingerprint density at radius 3 is 2.59 bits per heavy atom. The van der Waals surface area contributed by atoms with E-state index in [0.29, 0.717) is 11.1 Å². The van der Waals surface area contributed by atoms with E-state index in [4.69, 9.17) is 4.74 Å². The molecule has 3 aromatic rings. The van der Waals surface area contributed by atoms with Gasteiger partial charge in [-0.3, -0.25) is 14.9 Å². The van der Waals surface area contributed by atoms with E-state index < -0.39 is 22.6 Å². The minimum atomic E-state index is -0.637. The van der Waals surface area contributed by atoms with Crippen molar-refractivity contribution in [2.75, 3.05) is 11.9 Å². The van der Waals surface area contributed by atoms with E-state index >= 15 is 0 Å². The average Bonchev–Trinajstić information content (AvgIpc) is 3.12. The molecule has 1 N–H and O–H groups in total. The molecule has 7 nitrogen and oxygen atoms in total. The molecular formula is C20H15FN2O5S. The second-order valence-electron chi connectivity index (χ2n) is 5.84. The van der Waals surface area contributed by atoms with E-state index in [0.717, 1.165) is 17.4 Å². The molecule has 0 aliphatic carbocycles. The van der Waals surface area contributed by atoms with Gasteiger partial charge in [-0.2, -0.15) is 0 Å². The van der Waals surface area contributed by atoms with Crippen molar-refractivity contribution < 1.29 is 23.6 Å². The van der Waals surface area contributed by atoms with Crippen molar-refractivity contribution in [3.8, 4) is 11.1 Å². The number of thiophene rings is 1. The van der Waals surface area contributed by atoms with Gasteiger partial charge < -0.3 is 10.1 Å². The van der Waals surface area contributed by atoms with Crippen LogP contribution in [0.15, 0.2) is 53.9 Å². The van der Waals surface area contributed by atoms with Gasteiger partial charge in [0.2, 0.25) is 0 Å². The van der Waals surface area contributed by atoms with Crippen molar-refractivity contribution in [3.05, 3.63) is 81.0 Å². The van der Waals surface area contributed by atoms with Crippen LogP contribution < -0.4 is 5.32 Å². The number of anilines is 1. The summed E-state index contributed by atoms with van der Waals surface area (Å²) in [4.78, 5) is 35.4. The first-order valence-corrected chi connectivity index (χ1v) is 9.39. The molecule has 0 fully saturated rings. The van der Waals surface area contributed by atoms with Crippen LogP contribution >= 0.6 is 11.3 Å². The maximum absolute atomic E-state index is 13.2. The number of amides is 1. The van der Waals surface area contributed by atoms with Gasteiger partial charge in [-0.25, -0.2) is 9.18 Å². The molecule has 0 aliphatic heterocycles. The second kappa shape index (κ2) is 8.61. The van der Waals surface area contributed by atoms with E-state index in [1.54, 1.807) is 12.3 Å². The summed E-state index contributed by atoms with van der Waals surface area (Å²) >= 11 is 1.10. The van der Waals surface area contributed by atoms with E-state index in [1.807, 2.05) is 0 Å². The number of nitrogens with zero attached hydrogens (tertiary/aromatic N) is 1. The Hall–Kier alpha value is -3.59. The first kappa shape index (κ1) is 20.2. The lowest BCUT2D eigenvalue weighted by Gasteiger charge is -2.09. The van der Waals surface area contributed by atoms with Crippen molar-refractivity contribution in [3.63, 3.8) is 0 Å². The largest absolute Gasteiger partial charge is 0.462 e. The van der Waals surface area contributed by atoms with Crippen molar-refractivity contribution in [1.29, 1.82) is 0 Å². The molecule has 3 rings (SSSR count). The summed E-state index contributed by atoms with van der Waals surface area (Å²) in [6, 6.07) is 10.8. The Bertz CT molecular complexity index is 1080. The van der Waals surface area contributed by atoms with Crippen LogP contribution in [0.3, 0.4) is 0 Å². The topological polar surface area (TPSA) is 98.5 Å². The molecule has 148 valence electrons. The first-order chi connectivity index (χ1) is 13.9. The van der Waals surface area contributed by atoms with Crippen LogP contribution in [0.4, 0.5) is 15.1 Å². The molecule has 0 saturated carbocycles. The summed E-state index contributed by atoms with van der Waals surface area (Å²) in [6.45, 7) is 1.79. The molecule has 9 heteroatoms. The molecule has 0 unspecified atom stereocenters. The van der Waals surface area contributed by atoms with Crippen LogP contribution in [0.1, 0.15) is 27.6 Å². The zero-order valence-corrected chi connectivity index (χ0v) is 16.0. The molecule has 0 aliphatic rings. The highest BCUT2D eigenvalue weighted by Crippen LogP contribution is 2.36. The third-order valence-electron chi connectivity index (χ3n) is 3.97. The maximum Gasteiger partial charge on any atom is 0.341 e. The molecule has 0 atom stereocenters. The van der Waals surface area contributed by atoms with Gasteiger partial charge in [0.25, 0.3) is 11.6 Å². The Kier molecular flexibility index (Phi) is 5.99. The molecule has 0 spiro atoms. The van der Waals surface area contributed by atoms with E-state index in [-0.39, 0.29) is 28.4 Å².